The van der Waals surface area contributed by atoms with E-state index in [1.807, 2.05) is 72.8 Å². The molecule has 5 nitrogen and oxygen atoms in total. The van der Waals surface area contributed by atoms with Crippen LogP contribution in [0.2, 0.25) is 0 Å². The summed E-state index contributed by atoms with van der Waals surface area (Å²) in [6.45, 7) is 0.971. The van der Waals surface area contributed by atoms with Gasteiger partial charge in [-0.25, -0.2) is 0 Å². The van der Waals surface area contributed by atoms with Crippen molar-refractivity contribution in [3.05, 3.63) is 95.6 Å². The lowest BCUT2D eigenvalue weighted by molar-refractivity contribution is -0.116. The molecule has 160 valence electrons. The highest BCUT2D eigenvalue weighted by Gasteiger charge is 2.14. The third-order valence-corrected chi connectivity index (χ3v) is 4.69. The first-order chi connectivity index (χ1) is 15.2. The molecule has 0 aliphatic heterocycles. The monoisotopic (exact) mass is 417 g/mol. The van der Waals surface area contributed by atoms with Crippen LogP contribution in [0, 0.1) is 0 Å². The van der Waals surface area contributed by atoms with Crippen LogP contribution in [-0.2, 0) is 17.8 Å². The first-order valence-electron chi connectivity index (χ1n) is 10.1. The van der Waals surface area contributed by atoms with E-state index in [2.05, 4.69) is 5.32 Å². The van der Waals surface area contributed by atoms with Crippen LogP contribution in [0.3, 0.4) is 0 Å². The Labute approximate surface area is 183 Å². The molecule has 0 aromatic heterocycles. The summed E-state index contributed by atoms with van der Waals surface area (Å²) >= 11 is 0. The van der Waals surface area contributed by atoms with E-state index >= 15 is 0 Å². The summed E-state index contributed by atoms with van der Waals surface area (Å²) < 4.78 is 17.0. The van der Waals surface area contributed by atoms with Gasteiger partial charge in [-0.3, -0.25) is 4.79 Å². The third-order valence-electron chi connectivity index (χ3n) is 4.69. The highest BCUT2D eigenvalue weighted by molar-refractivity contribution is 5.91. The predicted molar refractivity (Wildman–Crippen MR) is 123 cm³/mol. The number of hydrogen-bond donors (Lipinski definition) is 1. The molecule has 0 saturated heterocycles. The standard InChI is InChI=1S/C26H27NO4/c1-29-23-17-22(13-14-25(28)27-16-15-20-9-5-3-6-10-20)18-24(30-2)26(23)31-19-21-11-7-4-8-12-21/h3-14,17-18H,15-16,19H2,1-2H3,(H,27,28). The largest absolute Gasteiger partial charge is 0.493 e. The van der Waals surface area contributed by atoms with Crippen molar-refractivity contribution in [3.63, 3.8) is 0 Å². The summed E-state index contributed by atoms with van der Waals surface area (Å²) in [4.78, 5) is 12.2. The molecule has 1 N–H and O–H groups in total. The molecule has 0 heterocycles. The van der Waals surface area contributed by atoms with Crippen LogP contribution in [0.15, 0.2) is 78.9 Å². The number of hydrogen-bond acceptors (Lipinski definition) is 4. The van der Waals surface area contributed by atoms with Gasteiger partial charge in [-0.15, -0.1) is 0 Å². The van der Waals surface area contributed by atoms with Crippen LogP contribution in [0.5, 0.6) is 17.2 Å². The predicted octanol–water partition coefficient (Wildman–Crippen LogP) is 4.65. The lowest BCUT2D eigenvalue weighted by Crippen LogP contribution is -2.23. The lowest BCUT2D eigenvalue weighted by Gasteiger charge is -2.15. The summed E-state index contributed by atoms with van der Waals surface area (Å²) in [5.41, 5.74) is 3.01. The Morgan fingerprint density at radius 3 is 2.03 bits per heavy atom. The molecular weight excluding hydrogens is 390 g/mol. The van der Waals surface area contributed by atoms with Gasteiger partial charge in [0.2, 0.25) is 11.7 Å². The summed E-state index contributed by atoms with van der Waals surface area (Å²) in [7, 11) is 3.15. The molecule has 1 amide bonds. The Hall–Kier alpha value is -3.73. The van der Waals surface area contributed by atoms with Gasteiger partial charge in [0.25, 0.3) is 0 Å². The van der Waals surface area contributed by atoms with Crippen LogP contribution in [-0.4, -0.2) is 26.7 Å². The number of nitrogens with one attached hydrogen (secondary N) is 1. The highest BCUT2D eigenvalue weighted by atomic mass is 16.5. The van der Waals surface area contributed by atoms with Crippen molar-refractivity contribution in [3.8, 4) is 17.2 Å². The Bertz CT molecular complexity index is 975. The average molecular weight is 418 g/mol. The third kappa shape index (κ3) is 6.64. The Morgan fingerprint density at radius 1 is 0.871 bits per heavy atom. The number of amides is 1. The van der Waals surface area contributed by atoms with E-state index in [4.69, 9.17) is 14.2 Å². The fourth-order valence-corrected chi connectivity index (χ4v) is 3.07. The maximum absolute atomic E-state index is 12.2. The molecular formula is C26H27NO4. The maximum Gasteiger partial charge on any atom is 0.244 e. The van der Waals surface area contributed by atoms with Gasteiger partial charge in [0.1, 0.15) is 6.61 Å². The quantitative estimate of drug-likeness (QED) is 0.488. The number of benzene rings is 3. The topological polar surface area (TPSA) is 56.8 Å². The SMILES string of the molecule is COc1cc(C=CC(=O)NCCc2ccccc2)cc(OC)c1OCc1ccccc1. The first-order valence-corrected chi connectivity index (χ1v) is 10.1. The summed E-state index contributed by atoms with van der Waals surface area (Å²) in [6, 6.07) is 23.6. The van der Waals surface area contributed by atoms with Crippen LogP contribution in [0.1, 0.15) is 16.7 Å². The zero-order chi connectivity index (χ0) is 21.9. The van der Waals surface area contributed by atoms with Crippen molar-refractivity contribution >= 4 is 12.0 Å². The van der Waals surface area contributed by atoms with Gasteiger partial charge in [-0.05, 0) is 41.3 Å². The smallest absolute Gasteiger partial charge is 0.244 e. The average Bonchev–Trinajstić information content (AvgIpc) is 2.82. The fraction of sp³-hybridized carbons (Fsp3) is 0.192. The minimum absolute atomic E-state index is 0.154. The van der Waals surface area contributed by atoms with E-state index in [1.165, 1.54) is 11.6 Å². The first kappa shape index (κ1) is 22.0. The second-order valence-electron chi connectivity index (χ2n) is 6.89. The summed E-state index contributed by atoms with van der Waals surface area (Å²) in [5.74, 6) is 1.45. The van der Waals surface area contributed by atoms with Crippen molar-refractivity contribution in [1.29, 1.82) is 0 Å². The number of rotatable bonds is 10. The molecule has 0 spiro atoms. The summed E-state index contributed by atoms with van der Waals surface area (Å²) in [6.07, 6.45) is 4.02. The van der Waals surface area contributed by atoms with Crippen molar-refractivity contribution in [2.75, 3.05) is 20.8 Å². The molecule has 0 aliphatic rings. The van der Waals surface area contributed by atoms with E-state index in [-0.39, 0.29) is 5.91 Å². The second kappa shape index (κ2) is 11.5. The number of methoxy groups -OCH3 is 2. The molecule has 3 aromatic rings. The van der Waals surface area contributed by atoms with E-state index in [0.717, 1.165) is 17.5 Å². The second-order valence-corrected chi connectivity index (χ2v) is 6.89. The molecule has 0 unspecified atom stereocenters. The van der Waals surface area contributed by atoms with Gasteiger partial charge >= 0.3 is 0 Å². The van der Waals surface area contributed by atoms with E-state index in [0.29, 0.717) is 30.4 Å². The van der Waals surface area contributed by atoms with Gasteiger partial charge in [-0.1, -0.05) is 60.7 Å². The van der Waals surface area contributed by atoms with Crippen LogP contribution in [0.4, 0.5) is 0 Å². The van der Waals surface area contributed by atoms with E-state index in [9.17, 15) is 4.79 Å². The molecule has 0 bridgehead atoms. The van der Waals surface area contributed by atoms with Crippen LogP contribution >= 0.6 is 0 Å². The molecule has 0 fully saturated rings. The van der Waals surface area contributed by atoms with Crippen molar-refractivity contribution in [2.45, 2.75) is 13.0 Å². The van der Waals surface area contributed by atoms with Crippen molar-refractivity contribution in [2.24, 2.45) is 0 Å². The molecule has 31 heavy (non-hydrogen) atoms. The van der Waals surface area contributed by atoms with Crippen molar-refractivity contribution < 1.29 is 19.0 Å². The Morgan fingerprint density at radius 2 is 1.45 bits per heavy atom. The van der Waals surface area contributed by atoms with Gasteiger partial charge in [0.05, 0.1) is 14.2 Å². The number of carbonyl (C=O) groups excluding carboxylic acids is 1. The molecule has 0 aliphatic carbocycles. The lowest BCUT2D eigenvalue weighted by atomic mass is 10.1. The van der Waals surface area contributed by atoms with Crippen LogP contribution < -0.4 is 19.5 Å². The minimum atomic E-state index is -0.154. The normalized spacial score (nSPS) is 10.6. The summed E-state index contributed by atoms with van der Waals surface area (Å²) in [5, 5.41) is 2.90. The minimum Gasteiger partial charge on any atom is -0.493 e. The van der Waals surface area contributed by atoms with Gasteiger partial charge in [-0.2, -0.15) is 0 Å². The molecule has 0 radical (unpaired) electrons. The molecule has 0 saturated carbocycles. The van der Waals surface area contributed by atoms with Gasteiger partial charge in [0, 0.05) is 12.6 Å². The van der Waals surface area contributed by atoms with Crippen molar-refractivity contribution in [1.82, 2.24) is 5.32 Å². The maximum atomic E-state index is 12.2. The van der Waals surface area contributed by atoms with E-state index in [1.54, 1.807) is 20.3 Å². The number of ether oxygens (including phenoxy) is 3. The molecule has 0 atom stereocenters. The zero-order valence-corrected chi connectivity index (χ0v) is 17.8. The van der Waals surface area contributed by atoms with E-state index < -0.39 is 0 Å². The Kier molecular flexibility index (Phi) is 8.12. The number of carbonyl (C=O) groups is 1. The Balaban J connectivity index is 1.63. The molecule has 3 rings (SSSR count). The zero-order valence-electron chi connectivity index (χ0n) is 17.8. The van der Waals surface area contributed by atoms with Gasteiger partial charge in [0.15, 0.2) is 11.5 Å². The van der Waals surface area contributed by atoms with Gasteiger partial charge < -0.3 is 19.5 Å². The van der Waals surface area contributed by atoms with Crippen LogP contribution in [0.25, 0.3) is 6.08 Å². The molecule has 3 aromatic carbocycles. The fourth-order valence-electron chi connectivity index (χ4n) is 3.07. The highest BCUT2D eigenvalue weighted by Crippen LogP contribution is 2.39. The molecule has 5 heteroatoms.